The van der Waals surface area contributed by atoms with Gasteiger partial charge in [-0.25, -0.2) is 4.79 Å². The number of nitrogens with one attached hydrogen (secondary N) is 2. The van der Waals surface area contributed by atoms with Gasteiger partial charge in [0.25, 0.3) is 0 Å². The summed E-state index contributed by atoms with van der Waals surface area (Å²) in [5, 5.41) is 7.20. The van der Waals surface area contributed by atoms with Crippen molar-refractivity contribution >= 4 is 29.0 Å². The molecule has 8 heteroatoms. The Morgan fingerprint density at radius 3 is 2.77 bits per heavy atom. The van der Waals surface area contributed by atoms with E-state index in [0.717, 1.165) is 18.5 Å². The van der Waals surface area contributed by atoms with Gasteiger partial charge in [-0.15, -0.1) is 11.3 Å². The van der Waals surface area contributed by atoms with Gasteiger partial charge in [-0.1, -0.05) is 30.3 Å². The lowest BCUT2D eigenvalue weighted by atomic mass is 9.93. The van der Waals surface area contributed by atoms with Crippen LogP contribution in [0.25, 0.3) is 0 Å². The lowest BCUT2D eigenvalue weighted by Gasteiger charge is -2.35. The van der Waals surface area contributed by atoms with Crippen LogP contribution in [0.5, 0.6) is 11.5 Å². The molecule has 0 spiro atoms. The van der Waals surface area contributed by atoms with Gasteiger partial charge in [0, 0.05) is 23.2 Å². The Hall–Kier alpha value is -3.36. The minimum atomic E-state index is -0.576. The van der Waals surface area contributed by atoms with Crippen LogP contribution in [-0.2, 0) is 11.2 Å². The van der Waals surface area contributed by atoms with Crippen LogP contribution in [0.3, 0.4) is 0 Å². The standard InChI is InChI=1S/C23H21N3O4S/c27-21(25-23(28)24-16-6-7-18-19(12-16)30-14-29-18)13-26-10-8-20-17(9-11-31-20)22(26)15-4-2-1-3-5-15/h1-7,9,11-12,22H,8,10,13-14H2,(H2,24,25,27,28). The molecule has 3 heterocycles. The summed E-state index contributed by atoms with van der Waals surface area (Å²) in [6.07, 6.45) is 0.896. The van der Waals surface area contributed by atoms with Crippen molar-refractivity contribution in [2.24, 2.45) is 0 Å². The highest BCUT2D eigenvalue weighted by molar-refractivity contribution is 7.10. The number of urea groups is 1. The number of anilines is 1. The molecule has 158 valence electrons. The smallest absolute Gasteiger partial charge is 0.325 e. The second-order valence-corrected chi connectivity index (χ2v) is 8.40. The van der Waals surface area contributed by atoms with Crippen molar-refractivity contribution in [2.75, 3.05) is 25.2 Å². The summed E-state index contributed by atoms with van der Waals surface area (Å²) >= 11 is 1.75. The van der Waals surface area contributed by atoms with Gasteiger partial charge in [0.05, 0.1) is 12.6 Å². The van der Waals surface area contributed by atoms with Crippen LogP contribution in [-0.4, -0.2) is 36.7 Å². The van der Waals surface area contributed by atoms with E-state index >= 15 is 0 Å². The number of imide groups is 1. The number of thiophene rings is 1. The van der Waals surface area contributed by atoms with E-state index in [1.54, 1.807) is 29.5 Å². The maximum absolute atomic E-state index is 12.7. The molecule has 2 aromatic carbocycles. The fourth-order valence-corrected chi connectivity index (χ4v) is 4.96. The van der Waals surface area contributed by atoms with Crippen LogP contribution in [0, 0.1) is 0 Å². The Bertz CT molecular complexity index is 1120. The maximum Gasteiger partial charge on any atom is 0.325 e. The molecule has 0 bridgehead atoms. The third kappa shape index (κ3) is 4.12. The summed E-state index contributed by atoms with van der Waals surface area (Å²) in [6, 6.07) is 16.8. The minimum absolute atomic E-state index is 0.00105. The number of hydrogen-bond donors (Lipinski definition) is 2. The van der Waals surface area contributed by atoms with Crippen LogP contribution >= 0.6 is 11.3 Å². The van der Waals surface area contributed by atoms with Crippen molar-refractivity contribution in [3.63, 3.8) is 0 Å². The second kappa shape index (κ2) is 8.41. The Balaban J connectivity index is 1.25. The van der Waals surface area contributed by atoms with Gasteiger partial charge >= 0.3 is 6.03 Å². The first-order chi connectivity index (χ1) is 15.2. The van der Waals surface area contributed by atoms with Crippen LogP contribution in [0.4, 0.5) is 10.5 Å². The zero-order valence-corrected chi connectivity index (χ0v) is 17.5. The molecule has 0 saturated heterocycles. The number of amides is 3. The molecule has 3 amide bonds. The number of benzene rings is 2. The molecule has 31 heavy (non-hydrogen) atoms. The summed E-state index contributed by atoms with van der Waals surface area (Å²) in [5.74, 6) is 0.847. The van der Waals surface area contributed by atoms with Crippen molar-refractivity contribution in [1.29, 1.82) is 0 Å². The van der Waals surface area contributed by atoms with Crippen molar-refractivity contribution in [2.45, 2.75) is 12.5 Å². The topological polar surface area (TPSA) is 79.9 Å². The maximum atomic E-state index is 12.7. The van der Waals surface area contributed by atoms with Crippen LogP contribution < -0.4 is 20.1 Å². The summed E-state index contributed by atoms with van der Waals surface area (Å²) in [5.41, 5.74) is 2.90. The molecule has 0 saturated carbocycles. The highest BCUT2D eigenvalue weighted by atomic mass is 32.1. The number of ether oxygens (including phenoxy) is 2. The highest BCUT2D eigenvalue weighted by Crippen LogP contribution is 2.37. The van der Waals surface area contributed by atoms with E-state index in [1.165, 1.54) is 10.4 Å². The van der Waals surface area contributed by atoms with Crippen molar-refractivity contribution in [3.05, 3.63) is 76.0 Å². The molecule has 1 atom stereocenters. The molecular weight excluding hydrogens is 414 g/mol. The van der Waals surface area contributed by atoms with E-state index in [2.05, 4.69) is 39.1 Å². The van der Waals surface area contributed by atoms with Crippen molar-refractivity contribution in [1.82, 2.24) is 10.2 Å². The largest absolute Gasteiger partial charge is 0.454 e. The number of carbonyl (C=O) groups is 2. The van der Waals surface area contributed by atoms with Crippen LogP contribution in [0.2, 0.25) is 0 Å². The van der Waals surface area contributed by atoms with Gasteiger partial charge in [0.2, 0.25) is 12.7 Å². The fraction of sp³-hybridized carbons (Fsp3) is 0.217. The molecule has 5 rings (SSSR count). The lowest BCUT2D eigenvalue weighted by molar-refractivity contribution is -0.121. The van der Waals surface area contributed by atoms with Gasteiger partial charge < -0.3 is 14.8 Å². The first-order valence-corrected chi connectivity index (χ1v) is 10.9. The minimum Gasteiger partial charge on any atom is -0.454 e. The first-order valence-electron chi connectivity index (χ1n) is 10.0. The molecule has 2 aliphatic rings. The molecule has 2 aliphatic heterocycles. The van der Waals surface area contributed by atoms with Gasteiger partial charge in [-0.2, -0.15) is 0 Å². The fourth-order valence-electron chi connectivity index (χ4n) is 4.05. The van der Waals surface area contributed by atoms with Gasteiger partial charge in [0.1, 0.15) is 0 Å². The zero-order chi connectivity index (χ0) is 21.2. The third-order valence-electron chi connectivity index (χ3n) is 5.41. The number of rotatable bonds is 4. The third-order valence-corrected chi connectivity index (χ3v) is 6.41. The van der Waals surface area contributed by atoms with Gasteiger partial charge in [-0.3, -0.25) is 15.0 Å². The number of carbonyl (C=O) groups excluding carboxylic acids is 2. The first kappa shape index (κ1) is 19.6. The Kier molecular flexibility index (Phi) is 5.31. The van der Waals surface area contributed by atoms with E-state index in [-0.39, 0.29) is 25.3 Å². The Morgan fingerprint density at radius 1 is 1.06 bits per heavy atom. The molecule has 1 aromatic heterocycles. The molecule has 0 aliphatic carbocycles. The number of nitrogens with zero attached hydrogens (tertiary/aromatic N) is 1. The van der Waals surface area contributed by atoms with E-state index in [0.29, 0.717) is 17.2 Å². The molecule has 0 fully saturated rings. The Labute approximate surface area is 183 Å². The molecular formula is C23H21N3O4S. The second-order valence-electron chi connectivity index (χ2n) is 7.40. The number of fused-ring (bicyclic) bond motifs is 2. The van der Waals surface area contributed by atoms with Gasteiger partial charge in [0.15, 0.2) is 11.5 Å². The highest BCUT2D eigenvalue weighted by Gasteiger charge is 2.31. The summed E-state index contributed by atoms with van der Waals surface area (Å²) < 4.78 is 10.6. The SMILES string of the molecule is O=C(CN1CCc2sccc2C1c1ccccc1)NC(=O)Nc1ccc2c(c1)OCO2. The number of hydrogen-bond acceptors (Lipinski definition) is 6. The van der Waals surface area contributed by atoms with Crippen LogP contribution in [0.15, 0.2) is 60.0 Å². The van der Waals surface area contributed by atoms with Crippen LogP contribution in [0.1, 0.15) is 22.0 Å². The molecule has 7 nitrogen and oxygen atoms in total. The van der Waals surface area contributed by atoms with E-state index < -0.39 is 6.03 Å². The van der Waals surface area contributed by atoms with E-state index in [9.17, 15) is 9.59 Å². The van der Waals surface area contributed by atoms with E-state index in [1.807, 2.05) is 18.2 Å². The zero-order valence-electron chi connectivity index (χ0n) is 16.7. The van der Waals surface area contributed by atoms with E-state index in [4.69, 9.17) is 9.47 Å². The normalized spacial score (nSPS) is 17.1. The van der Waals surface area contributed by atoms with Crippen molar-refractivity contribution < 1.29 is 19.1 Å². The quantitative estimate of drug-likeness (QED) is 0.652. The monoisotopic (exact) mass is 435 g/mol. The summed E-state index contributed by atoms with van der Waals surface area (Å²) in [4.78, 5) is 28.5. The Morgan fingerprint density at radius 2 is 1.90 bits per heavy atom. The average Bonchev–Trinajstić information content (AvgIpc) is 3.43. The molecule has 1 unspecified atom stereocenters. The predicted octanol–water partition coefficient (Wildman–Crippen LogP) is 3.77. The molecule has 0 radical (unpaired) electrons. The summed E-state index contributed by atoms with van der Waals surface area (Å²) in [7, 11) is 0. The predicted molar refractivity (Wildman–Crippen MR) is 118 cm³/mol. The molecule has 3 aromatic rings. The molecule has 2 N–H and O–H groups in total. The lowest BCUT2D eigenvalue weighted by Crippen LogP contribution is -2.45. The summed E-state index contributed by atoms with van der Waals surface area (Å²) in [6.45, 7) is 1.04. The van der Waals surface area contributed by atoms with Crippen molar-refractivity contribution in [3.8, 4) is 11.5 Å². The average molecular weight is 436 g/mol. The van der Waals surface area contributed by atoms with Gasteiger partial charge in [-0.05, 0) is 41.1 Å².